The van der Waals surface area contributed by atoms with Gasteiger partial charge in [0.15, 0.2) is 0 Å². The summed E-state index contributed by atoms with van der Waals surface area (Å²) in [6, 6.07) is 0. The molecule has 1 atom stereocenters. The lowest BCUT2D eigenvalue weighted by molar-refractivity contribution is -0.120. The molecule has 0 aromatic heterocycles. The zero-order chi connectivity index (χ0) is 6.73. The fourth-order valence-electron chi connectivity index (χ4n) is 0.262. The van der Waals surface area contributed by atoms with E-state index < -0.39 is 11.3 Å². The molecule has 0 spiro atoms. The summed E-state index contributed by atoms with van der Waals surface area (Å²) in [5.74, 6) is -0.0833. The minimum atomic E-state index is -1.00. The Morgan fingerprint density at radius 2 is 2.00 bits per heavy atom. The molecule has 0 radical (unpaired) electrons. The molecule has 0 aromatic rings. The normalized spacial score (nSPS) is 14.1. The molecule has 0 aliphatic heterocycles. The van der Waals surface area contributed by atoms with Crippen LogP contribution in [0.15, 0.2) is 0 Å². The van der Waals surface area contributed by atoms with Crippen LogP contribution in [-0.2, 0) is 4.79 Å². The SMILES string of the molecule is CC(C)[C@H](O)C(=O)Cl. The first kappa shape index (κ1) is 7.92. The lowest BCUT2D eigenvalue weighted by Crippen LogP contribution is -2.21. The molecule has 0 aliphatic rings. The monoisotopic (exact) mass is 136 g/mol. The highest BCUT2D eigenvalue weighted by atomic mass is 35.5. The lowest BCUT2D eigenvalue weighted by atomic mass is 10.1. The number of rotatable bonds is 2. The number of halogens is 1. The smallest absolute Gasteiger partial charge is 0.250 e. The van der Waals surface area contributed by atoms with Gasteiger partial charge in [-0.1, -0.05) is 13.8 Å². The topological polar surface area (TPSA) is 37.3 Å². The number of aliphatic hydroxyl groups excluding tert-OH is 1. The van der Waals surface area contributed by atoms with Gasteiger partial charge in [-0.25, -0.2) is 0 Å². The van der Waals surface area contributed by atoms with E-state index in [1.54, 1.807) is 13.8 Å². The van der Waals surface area contributed by atoms with E-state index in [9.17, 15) is 4.79 Å². The van der Waals surface area contributed by atoms with Gasteiger partial charge in [0, 0.05) is 0 Å². The van der Waals surface area contributed by atoms with Gasteiger partial charge in [0.25, 0.3) is 0 Å². The molecular formula is C5H9ClO2. The number of carbonyl (C=O) groups is 1. The first-order chi connectivity index (χ1) is 3.55. The highest BCUT2D eigenvalue weighted by Crippen LogP contribution is 2.03. The van der Waals surface area contributed by atoms with Crippen LogP contribution in [0.5, 0.6) is 0 Å². The second kappa shape index (κ2) is 3.05. The summed E-state index contributed by atoms with van der Waals surface area (Å²) in [5, 5.41) is 8.04. The summed E-state index contributed by atoms with van der Waals surface area (Å²) in [6.45, 7) is 3.45. The van der Waals surface area contributed by atoms with Gasteiger partial charge in [-0.2, -0.15) is 0 Å². The largest absolute Gasteiger partial charge is 0.384 e. The summed E-state index contributed by atoms with van der Waals surface area (Å²) in [6.07, 6.45) is -1.00. The minimum absolute atomic E-state index is 0.0833. The molecule has 0 fully saturated rings. The van der Waals surface area contributed by atoms with Crippen molar-refractivity contribution in [2.24, 2.45) is 5.92 Å². The van der Waals surface area contributed by atoms with Crippen LogP contribution in [0.1, 0.15) is 13.8 Å². The second-order valence-corrected chi connectivity index (χ2v) is 2.37. The first-order valence-corrected chi connectivity index (χ1v) is 2.81. The molecule has 0 bridgehead atoms. The van der Waals surface area contributed by atoms with Gasteiger partial charge < -0.3 is 5.11 Å². The standard InChI is InChI=1S/C5H9ClO2/c1-3(2)4(7)5(6)8/h3-4,7H,1-2H3/t4-/m0/s1. The van der Waals surface area contributed by atoms with Gasteiger partial charge in [-0.05, 0) is 17.5 Å². The maximum atomic E-state index is 10.1. The maximum Gasteiger partial charge on any atom is 0.250 e. The van der Waals surface area contributed by atoms with Crippen molar-refractivity contribution in [3.05, 3.63) is 0 Å². The van der Waals surface area contributed by atoms with E-state index in [0.717, 1.165) is 0 Å². The molecule has 48 valence electrons. The highest BCUT2D eigenvalue weighted by Gasteiger charge is 2.15. The summed E-state index contributed by atoms with van der Waals surface area (Å²) >= 11 is 4.93. The average molecular weight is 137 g/mol. The van der Waals surface area contributed by atoms with Crippen LogP contribution in [0.2, 0.25) is 0 Å². The zero-order valence-electron chi connectivity index (χ0n) is 4.89. The number of hydrogen-bond acceptors (Lipinski definition) is 2. The Balaban J connectivity index is 3.64. The predicted molar refractivity (Wildman–Crippen MR) is 31.7 cm³/mol. The van der Waals surface area contributed by atoms with Crippen molar-refractivity contribution in [1.29, 1.82) is 0 Å². The van der Waals surface area contributed by atoms with Crippen molar-refractivity contribution in [1.82, 2.24) is 0 Å². The van der Waals surface area contributed by atoms with Gasteiger partial charge in [-0.15, -0.1) is 0 Å². The lowest BCUT2D eigenvalue weighted by Gasteiger charge is -2.06. The van der Waals surface area contributed by atoms with Crippen LogP contribution in [0, 0.1) is 5.92 Å². The third kappa shape index (κ3) is 2.28. The van der Waals surface area contributed by atoms with Gasteiger partial charge in [0.05, 0.1) is 0 Å². The van der Waals surface area contributed by atoms with E-state index >= 15 is 0 Å². The average Bonchev–Trinajstić information content (AvgIpc) is 1.64. The van der Waals surface area contributed by atoms with Crippen LogP contribution in [-0.4, -0.2) is 16.5 Å². The Bertz CT molecular complexity index is 90.4. The third-order valence-electron chi connectivity index (χ3n) is 0.864. The molecule has 0 saturated carbocycles. The van der Waals surface area contributed by atoms with Crippen molar-refractivity contribution < 1.29 is 9.90 Å². The molecule has 0 unspecified atom stereocenters. The number of carbonyl (C=O) groups excluding carboxylic acids is 1. The van der Waals surface area contributed by atoms with E-state index in [-0.39, 0.29) is 5.92 Å². The summed E-state index contributed by atoms with van der Waals surface area (Å²) in [7, 11) is 0. The van der Waals surface area contributed by atoms with Crippen molar-refractivity contribution in [3.8, 4) is 0 Å². The summed E-state index contributed by atoms with van der Waals surface area (Å²) < 4.78 is 0. The van der Waals surface area contributed by atoms with Crippen LogP contribution in [0.25, 0.3) is 0 Å². The van der Waals surface area contributed by atoms with Gasteiger partial charge >= 0.3 is 0 Å². The van der Waals surface area contributed by atoms with Crippen LogP contribution in [0.3, 0.4) is 0 Å². The molecule has 1 N–H and O–H groups in total. The predicted octanol–water partition coefficient (Wildman–Crippen LogP) is 0.769. The summed E-state index contributed by atoms with van der Waals surface area (Å²) in [5.41, 5.74) is 0. The zero-order valence-corrected chi connectivity index (χ0v) is 5.64. The Labute approximate surface area is 53.5 Å². The fourth-order valence-corrected chi connectivity index (χ4v) is 0.514. The molecule has 2 nitrogen and oxygen atoms in total. The Kier molecular flexibility index (Phi) is 3.02. The first-order valence-electron chi connectivity index (χ1n) is 2.43. The Hall–Kier alpha value is -0.0800. The second-order valence-electron chi connectivity index (χ2n) is 1.99. The number of hydrogen-bond donors (Lipinski definition) is 1. The number of aliphatic hydroxyl groups is 1. The molecule has 3 heteroatoms. The van der Waals surface area contributed by atoms with Crippen molar-refractivity contribution in [3.63, 3.8) is 0 Å². The van der Waals surface area contributed by atoms with Gasteiger partial charge in [0.1, 0.15) is 6.10 Å². The molecule has 0 saturated heterocycles. The van der Waals surface area contributed by atoms with Crippen LogP contribution < -0.4 is 0 Å². The van der Waals surface area contributed by atoms with Crippen LogP contribution >= 0.6 is 11.6 Å². The molecule has 0 heterocycles. The van der Waals surface area contributed by atoms with Gasteiger partial charge in [0.2, 0.25) is 5.24 Å². The van der Waals surface area contributed by atoms with E-state index in [1.165, 1.54) is 0 Å². The fraction of sp³-hybridized carbons (Fsp3) is 0.800. The van der Waals surface area contributed by atoms with Crippen molar-refractivity contribution >= 4 is 16.8 Å². The van der Waals surface area contributed by atoms with Crippen LogP contribution in [0.4, 0.5) is 0 Å². The summed E-state index contributed by atoms with van der Waals surface area (Å²) in [4.78, 5) is 10.1. The van der Waals surface area contributed by atoms with Crippen molar-refractivity contribution in [2.75, 3.05) is 0 Å². The highest BCUT2D eigenvalue weighted by molar-refractivity contribution is 6.64. The molecule has 8 heavy (non-hydrogen) atoms. The molecule has 0 aliphatic carbocycles. The third-order valence-corrected chi connectivity index (χ3v) is 1.09. The Morgan fingerprint density at radius 1 is 1.62 bits per heavy atom. The van der Waals surface area contributed by atoms with E-state index in [2.05, 4.69) is 0 Å². The minimum Gasteiger partial charge on any atom is -0.384 e. The molecular weight excluding hydrogens is 128 g/mol. The molecule has 0 rings (SSSR count). The quantitative estimate of drug-likeness (QED) is 0.570. The van der Waals surface area contributed by atoms with Crippen molar-refractivity contribution in [2.45, 2.75) is 20.0 Å². The van der Waals surface area contributed by atoms with E-state index in [0.29, 0.717) is 0 Å². The van der Waals surface area contributed by atoms with Gasteiger partial charge in [-0.3, -0.25) is 4.79 Å². The van der Waals surface area contributed by atoms with E-state index in [1.807, 2.05) is 0 Å². The maximum absolute atomic E-state index is 10.1. The Morgan fingerprint density at radius 3 is 2.00 bits per heavy atom. The molecule has 0 amide bonds. The molecule has 0 aromatic carbocycles. The van der Waals surface area contributed by atoms with E-state index in [4.69, 9.17) is 16.7 Å².